The average molecular weight is 611 g/mol. The fourth-order valence-electron chi connectivity index (χ4n) is 6.27. The monoisotopic (exact) mass is 610 g/mol. The first-order valence-corrected chi connectivity index (χ1v) is 14.6. The predicted molar refractivity (Wildman–Crippen MR) is 138 cm³/mol. The Morgan fingerprint density at radius 1 is 0.619 bits per heavy atom. The van der Waals surface area contributed by atoms with Gasteiger partial charge in [0.25, 0.3) is 0 Å². The van der Waals surface area contributed by atoms with Crippen LogP contribution in [0.5, 0.6) is 11.5 Å². The standard InChI is InChI=1S/C31H35F9O2/c1-2-3-4-5-18-6-10-20(11-7-18)30(37,38)41-22-14-24(32)28(25(33)15-22)19-8-12-21(13-9-19)31(39,40)42-23-16-26(34)29(36)27(35)17-23/h14-21H,2-13H2,1H3. The minimum atomic E-state index is -3.89. The van der Waals surface area contributed by atoms with Gasteiger partial charge in [-0.05, 0) is 63.2 Å². The molecule has 0 aromatic heterocycles. The van der Waals surface area contributed by atoms with Gasteiger partial charge in [-0.2, -0.15) is 17.6 Å². The topological polar surface area (TPSA) is 18.5 Å². The van der Waals surface area contributed by atoms with Gasteiger partial charge >= 0.3 is 12.2 Å². The first-order valence-electron chi connectivity index (χ1n) is 14.6. The summed E-state index contributed by atoms with van der Waals surface area (Å²) in [5.74, 6) is -11.9. The molecule has 2 aromatic carbocycles. The van der Waals surface area contributed by atoms with Crippen molar-refractivity contribution in [3.05, 3.63) is 58.9 Å². The molecule has 0 spiro atoms. The molecule has 2 aromatic rings. The predicted octanol–water partition coefficient (Wildman–Crippen LogP) is 10.7. The highest BCUT2D eigenvalue weighted by molar-refractivity contribution is 5.33. The number of hydrogen-bond donors (Lipinski definition) is 0. The number of hydrogen-bond acceptors (Lipinski definition) is 2. The van der Waals surface area contributed by atoms with E-state index in [4.69, 9.17) is 4.74 Å². The van der Waals surface area contributed by atoms with Gasteiger partial charge in [-0.25, -0.2) is 22.0 Å². The lowest BCUT2D eigenvalue weighted by Crippen LogP contribution is -2.37. The maximum absolute atomic E-state index is 15.0. The van der Waals surface area contributed by atoms with Gasteiger partial charge in [0.1, 0.15) is 23.1 Å². The van der Waals surface area contributed by atoms with Crippen LogP contribution in [0.25, 0.3) is 0 Å². The van der Waals surface area contributed by atoms with Gasteiger partial charge in [-0.3, -0.25) is 0 Å². The van der Waals surface area contributed by atoms with Gasteiger partial charge in [-0.15, -0.1) is 0 Å². The zero-order valence-corrected chi connectivity index (χ0v) is 23.3. The van der Waals surface area contributed by atoms with E-state index in [2.05, 4.69) is 11.7 Å². The summed E-state index contributed by atoms with van der Waals surface area (Å²) in [5, 5.41) is 0. The van der Waals surface area contributed by atoms with Crippen LogP contribution in [0.2, 0.25) is 0 Å². The molecule has 2 saturated carbocycles. The zero-order valence-electron chi connectivity index (χ0n) is 23.3. The van der Waals surface area contributed by atoms with Crippen LogP contribution in [-0.4, -0.2) is 12.2 Å². The number of unbranched alkanes of at least 4 members (excludes halogenated alkanes) is 2. The molecule has 0 bridgehead atoms. The Balaban J connectivity index is 1.34. The van der Waals surface area contributed by atoms with E-state index in [1.807, 2.05) is 0 Å². The number of ether oxygens (including phenoxy) is 2. The van der Waals surface area contributed by atoms with E-state index in [1.165, 1.54) is 0 Å². The Kier molecular flexibility index (Phi) is 10.3. The van der Waals surface area contributed by atoms with Crippen LogP contribution in [0, 0.1) is 46.8 Å². The summed E-state index contributed by atoms with van der Waals surface area (Å²) in [6, 6.07) is 2.00. The third kappa shape index (κ3) is 7.67. The molecule has 2 fully saturated rings. The van der Waals surface area contributed by atoms with Crippen LogP contribution >= 0.6 is 0 Å². The van der Waals surface area contributed by atoms with Gasteiger partial charge in [-0.1, -0.05) is 32.6 Å². The van der Waals surface area contributed by atoms with Gasteiger partial charge < -0.3 is 9.47 Å². The van der Waals surface area contributed by atoms with Crippen molar-refractivity contribution in [1.82, 2.24) is 0 Å². The van der Waals surface area contributed by atoms with E-state index >= 15 is 0 Å². The molecule has 0 unspecified atom stereocenters. The van der Waals surface area contributed by atoms with Crippen molar-refractivity contribution in [1.29, 1.82) is 0 Å². The van der Waals surface area contributed by atoms with Gasteiger partial charge in [0.15, 0.2) is 17.5 Å². The van der Waals surface area contributed by atoms with Gasteiger partial charge in [0, 0.05) is 29.8 Å². The van der Waals surface area contributed by atoms with Crippen molar-refractivity contribution < 1.29 is 49.0 Å². The lowest BCUT2D eigenvalue weighted by molar-refractivity contribution is -0.223. The zero-order chi connectivity index (χ0) is 30.7. The molecule has 2 aliphatic rings. The summed E-state index contributed by atoms with van der Waals surface area (Å²) in [5.41, 5.74) is -0.399. The average Bonchev–Trinajstić information content (AvgIpc) is 2.91. The minimum Gasteiger partial charge on any atom is -0.432 e. The molecular formula is C31H35F9O2. The Morgan fingerprint density at radius 3 is 1.50 bits per heavy atom. The molecule has 234 valence electrons. The first kappa shape index (κ1) is 32.3. The van der Waals surface area contributed by atoms with Crippen molar-refractivity contribution in [2.45, 2.75) is 102 Å². The fourth-order valence-corrected chi connectivity index (χ4v) is 6.27. The number of halogens is 9. The molecule has 0 atom stereocenters. The summed E-state index contributed by atoms with van der Waals surface area (Å²) in [7, 11) is 0. The lowest BCUT2D eigenvalue weighted by Gasteiger charge is -2.34. The van der Waals surface area contributed by atoms with Gasteiger partial charge in [0.2, 0.25) is 0 Å². The molecule has 0 N–H and O–H groups in total. The largest absolute Gasteiger partial charge is 0.432 e. The Morgan fingerprint density at radius 2 is 1.05 bits per heavy atom. The molecule has 0 heterocycles. The van der Waals surface area contributed by atoms with E-state index < -0.39 is 76.1 Å². The van der Waals surface area contributed by atoms with E-state index in [-0.39, 0.29) is 38.5 Å². The number of benzene rings is 2. The van der Waals surface area contributed by atoms with Crippen molar-refractivity contribution in [2.75, 3.05) is 0 Å². The summed E-state index contributed by atoms with van der Waals surface area (Å²) < 4.78 is 138. The Labute approximate surface area is 239 Å². The van der Waals surface area contributed by atoms with E-state index in [0.717, 1.165) is 25.7 Å². The molecule has 0 radical (unpaired) electrons. The second-order valence-corrected chi connectivity index (χ2v) is 11.6. The van der Waals surface area contributed by atoms with Gasteiger partial charge in [0.05, 0.1) is 11.8 Å². The smallest absolute Gasteiger partial charge is 0.400 e. The maximum atomic E-state index is 15.0. The third-order valence-corrected chi connectivity index (χ3v) is 8.67. The van der Waals surface area contributed by atoms with E-state index in [0.29, 0.717) is 43.0 Å². The quantitative estimate of drug-likeness (QED) is 0.143. The summed E-state index contributed by atoms with van der Waals surface area (Å²) in [6.45, 7) is 2.10. The lowest BCUT2D eigenvalue weighted by atomic mass is 9.78. The van der Waals surface area contributed by atoms with E-state index in [1.54, 1.807) is 0 Å². The second-order valence-electron chi connectivity index (χ2n) is 11.6. The van der Waals surface area contributed by atoms with Crippen LogP contribution in [0.4, 0.5) is 39.5 Å². The van der Waals surface area contributed by atoms with Crippen LogP contribution in [0.15, 0.2) is 24.3 Å². The summed E-state index contributed by atoms with van der Waals surface area (Å²) in [4.78, 5) is 0. The number of rotatable bonds is 11. The molecule has 0 aliphatic heterocycles. The highest BCUT2D eigenvalue weighted by atomic mass is 19.3. The minimum absolute atomic E-state index is 0.0819. The molecule has 42 heavy (non-hydrogen) atoms. The molecule has 0 saturated heterocycles. The molecule has 4 rings (SSSR count). The van der Waals surface area contributed by atoms with Crippen molar-refractivity contribution >= 4 is 0 Å². The summed E-state index contributed by atoms with van der Waals surface area (Å²) in [6.07, 6.45) is -2.06. The Hall–Kier alpha value is -2.59. The second kappa shape index (κ2) is 13.4. The Bertz CT molecular complexity index is 1160. The molecule has 11 heteroatoms. The molecule has 2 nitrogen and oxygen atoms in total. The van der Waals surface area contributed by atoms with Crippen molar-refractivity contribution in [3.8, 4) is 11.5 Å². The van der Waals surface area contributed by atoms with Crippen LogP contribution < -0.4 is 9.47 Å². The fraction of sp³-hybridized carbons (Fsp3) is 0.613. The third-order valence-electron chi connectivity index (χ3n) is 8.67. The summed E-state index contributed by atoms with van der Waals surface area (Å²) >= 11 is 0. The molecule has 2 aliphatic carbocycles. The first-order chi connectivity index (χ1) is 19.8. The molecule has 0 amide bonds. The maximum Gasteiger partial charge on any atom is 0.400 e. The highest BCUT2D eigenvalue weighted by Gasteiger charge is 2.46. The van der Waals surface area contributed by atoms with Crippen molar-refractivity contribution in [2.24, 2.45) is 17.8 Å². The normalized spacial score (nSPS) is 23.6. The van der Waals surface area contributed by atoms with Crippen LogP contribution in [0.1, 0.15) is 95.5 Å². The van der Waals surface area contributed by atoms with Crippen molar-refractivity contribution in [3.63, 3.8) is 0 Å². The van der Waals surface area contributed by atoms with Crippen LogP contribution in [0.3, 0.4) is 0 Å². The van der Waals surface area contributed by atoms with Crippen LogP contribution in [-0.2, 0) is 0 Å². The van der Waals surface area contributed by atoms with E-state index in [9.17, 15) is 39.5 Å². The SMILES string of the molecule is CCCCCC1CCC(C(F)(F)Oc2cc(F)c(C3CCC(C(F)(F)Oc4cc(F)c(F)c(F)c4)CC3)c(F)c2)CC1. The highest BCUT2D eigenvalue weighted by Crippen LogP contribution is 2.46. The molecular weight excluding hydrogens is 575 g/mol. The number of alkyl halides is 4.